The van der Waals surface area contributed by atoms with Gasteiger partial charge in [-0.25, -0.2) is 0 Å². The van der Waals surface area contributed by atoms with Crippen molar-refractivity contribution in [3.8, 4) is 0 Å². The fourth-order valence-electron chi connectivity index (χ4n) is 3.47. The summed E-state index contributed by atoms with van der Waals surface area (Å²) in [4.78, 5) is 2.56. The highest BCUT2D eigenvalue weighted by molar-refractivity contribution is 5.30. The molecule has 2 aliphatic rings. The third-order valence-electron chi connectivity index (χ3n) is 4.62. The predicted octanol–water partition coefficient (Wildman–Crippen LogP) is 3.31. The van der Waals surface area contributed by atoms with Gasteiger partial charge in [-0.2, -0.15) is 0 Å². The van der Waals surface area contributed by atoms with Crippen molar-refractivity contribution in [3.05, 3.63) is 35.4 Å². The first-order valence-electron chi connectivity index (χ1n) is 7.94. The van der Waals surface area contributed by atoms with E-state index in [4.69, 9.17) is 0 Å². The molecule has 1 aliphatic carbocycles. The predicted molar refractivity (Wildman–Crippen MR) is 80.0 cm³/mol. The Bertz CT molecular complexity index is 369. The van der Waals surface area contributed by atoms with Crippen molar-refractivity contribution in [1.29, 1.82) is 0 Å². The Morgan fingerprint density at radius 3 is 2.21 bits per heavy atom. The second kappa shape index (κ2) is 6.53. The number of hydrogen-bond donors (Lipinski definition) is 1. The van der Waals surface area contributed by atoms with Crippen LogP contribution in [0.4, 0.5) is 0 Å². The molecule has 0 aromatic heterocycles. The number of nitrogens with one attached hydrogen (secondary N) is 1. The van der Waals surface area contributed by atoms with Crippen molar-refractivity contribution in [3.63, 3.8) is 0 Å². The van der Waals surface area contributed by atoms with Crippen LogP contribution >= 0.6 is 0 Å². The minimum absolute atomic E-state index is 0.785. The average Bonchev–Trinajstić information content (AvgIpc) is 2.66. The highest BCUT2D eigenvalue weighted by Crippen LogP contribution is 2.21. The fourth-order valence-corrected chi connectivity index (χ4v) is 3.47. The zero-order valence-corrected chi connectivity index (χ0v) is 11.9. The summed E-state index contributed by atoms with van der Waals surface area (Å²) in [5.74, 6) is 0. The van der Waals surface area contributed by atoms with Crippen LogP contribution in [0.3, 0.4) is 0 Å². The van der Waals surface area contributed by atoms with E-state index in [1.807, 2.05) is 0 Å². The highest BCUT2D eigenvalue weighted by Gasteiger charge is 2.18. The van der Waals surface area contributed by atoms with Crippen molar-refractivity contribution in [2.24, 2.45) is 0 Å². The normalized spacial score (nSPS) is 21.3. The molecular formula is C17H26N2. The molecule has 0 spiro atoms. The van der Waals surface area contributed by atoms with Crippen LogP contribution in [0.5, 0.6) is 0 Å². The second-order valence-corrected chi connectivity index (χ2v) is 6.12. The van der Waals surface area contributed by atoms with Crippen LogP contribution in [0.2, 0.25) is 0 Å². The minimum Gasteiger partial charge on any atom is -0.313 e. The third-order valence-corrected chi connectivity index (χ3v) is 4.62. The molecule has 19 heavy (non-hydrogen) atoms. The van der Waals surface area contributed by atoms with Crippen LogP contribution in [0, 0.1) is 0 Å². The Balaban J connectivity index is 1.39. The Kier molecular flexibility index (Phi) is 4.52. The van der Waals surface area contributed by atoms with Gasteiger partial charge in [0.1, 0.15) is 0 Å². The molecule has 0 atom stereocenters. The maximum atomic E-state index is 3.77. The first-order valence-corrected chi connectivity index (χ1v) is 7.94. The molecule has 0 radical (unpaired) electrons. The van der Waals surface area contributed by atoms with Crippen molar-refractivity contribution in [2.75, 3.05) is 13.1 Å². The fraction of sp³-hybridized carbons (Fsp3) is 0.647. The van der Waals surface area contributed by atoms with Gasteiger partial charge in [-0.3, -0.25) is 4.90 Å². The maximum Gasteiger partial charge on any atom is 0.0241 e. The van der Waals surface area contributed by atoms with Crippen molar-refractivity contribution < 1.29 is 0 Å². The summed E-state index contributed by atoms with van der Waals surface area (Å²) in [7, 11) is 0. The van der Waals surface area contributed by atoms with Crippen molar-refractivity contribution in [1.82, 2.24) is 10.2 Å². The number of rotatable bonds is 4. The molecule has 2 heteroatoms. The molecule has 0 unspecified atom stereocenters. The SMILES string of the molecule is c1ccc2c(c1)CN(CCNC1CCCCCC1)C2. The Morgan fingerprint density at radius 2 is 1.58 bits per heavy atom. The van der Waals surface area contributed by atoms with Gasteiger partial charge in [0.25, 0.3) is 0 Å². The zero-order valence-electron chi connectivity index (χ0n) is 11.9. The highest BCUT2D eigenvalue weighted by atomic mass is 15.2. The van der Waals surface area contributed by atoms with E-state index in [0.29, 0.717) is 0 Å². The van der Waals surface area contributed by atoms with Gasteiger partial charge in [0.15, 0.2) is 0 Å². The molecule has 1 fully saturated rings. The van der Waals surface area contributed by atoms with E-state index in [-0.39, 0.29) is 0 Å². The molecule has 0 saturated heterocycles. The van der Waals surface area contributed by atoms with Gasteiger partial charge in [0, 0.05) is 32.2 Å². The maximum absolute atomic E-state index is 3.77. The van der Waals surface area contributed by atoms with Gasteiger partial charge in [-0.1, -0.05) is 49.9 Å². The van der Waals surface area contributed by atoms with Crippen LogP contribution in [-0.4, -0.2) is 24.0 Å². The lowest BCUT2D eigenvalue weighted by Gasteiger charge is -2.19. The van der Waals surface area contributed by atoms with Crippen molar-refractivity contribution in [2.45, 2.75) is 57.7 Å². The van der Waals surface area contributed by atoms with Gasteiger partial charge in [-0.05, 0) is 24.0 Å². The molecule has 1 aromatic carbocycles. The molecule has 0 bridgehead atoms. The number of hydrogen-bond acceptors (Lipinski definition) is 2. The first kappa shape index (κ1) is 13.1. The minimum atomic E-state index is 0.785. The second-order valence-electron chi connectivity index (χ2n) is 6.12. The summed E-state index contributed by atoms with van der Waals surface area (Å²) < 4.78 is 0. The van der Waals surface area contributed by atoms with Crippen LogP contribution in [-0.2, 0) is 13.1 Å². The topological polar surface area (TPSA) is 15.3 Å². The summed E-state index contributed by atoms with van der Waals surface area (Å²) in [6, 6.07) is 9.65. The van der Waals surface area contributed by atoms with E-state index in [1.54, 1.807) is 0 Å². The number of fused-ring (bicyclic) bond motifs is 1. The lowest BCUT2D eigenvalue weighted by molar-refractivity contribution is 0.275. The van der Waals surface area contributed by atoms with E-state index in [1.165, 1.54) is 56.2 Å². The number of nitrogens with zero attached hydrogens (tertiary/aromatic N) is 1. The van der Waals surface area contributed by atoms with Gasteiger partial charge in [0.05, 0.1) is 0 Å². The van der Waals surface area contributed by atoms with Crippen LogP contribution in [0.25, 0.3) is 0 Å². The molecule has 104 valence electrons. The Hall–Kier alpha value is -0.860. The van der Waals surface area contributed by atoms with E-state index < -0.39 is 0 Å². The van der Waals surface area contributed by atoms with Crippen LogP contribution in [0.15, 0.2) is 24.3 Å². The Morgan fingerprint density at radius 1 is 0.947 bits per heavy atom. The van der Waals surface area contributed by atoms with Crippen molar-refractivity contribution >= 4 is 0 Å². The van der Waals surface area contributed by atoms with Gasteiger partial charge in [0.2, 0.25) is 0 Å². The summed E-state index contributed by atoms with van der Waals surface area (Å²) in [6.45, 7) is 4.62. The largest absolute Gasteiger partial charge is 0.313 e. The van der Waals surface area contributed by atoms with Crippen LogP contribution in [0.1, 0.15) is 49.7 Å². The summed E-state index contributed by atoms with van der Waals surface area (Å²) in [6.07, 6.45) is 8.51. The van der Waals surface area contributed by atoms with Gasteiger partial charge < -0.3 is 5.32 Å². The molecular weight excluding hydrogens is 232 g/mol. The van der Waals surface area contributed by atoms with E-state index in [9.17, 15) is 0 Å². The lowest BCUT2D eigenvalue weighted by Crippen LogP contribution is -2.35. The summed E-state index contributed by atoms with van der Waals surface area (Å²) in [5.41, 5.74) is 3.05. The molecule has 1 aromatic rings. The first-order chi connectivity index (χ1) is 9.42. The molecule has 1 aliphatic heterocycles. The number of benzene rings is 1. The summed E-state index contributed by atoms with van der Waals surface area (Å²) >= 11 is 0. The van der Waals surface area contributed by atoms with E-state index in [2.05, 4.69) is 34.5 Å². The average molecular weight is 258 g/mol. The quantitative estimate of drug-likeness (QED) is 0.834. The molecule has 1 heterocycles. The molecule has 3 rings (SSSR count). The zero-order chi connectivity index (χ0) is 12.9. The van der Waals surface area contributed by atoms with E-state index in [0.717, 1.165) is 25.7 Å². The third kappa shape index (κ3) is 3.58. The monoisotopic (exact) mass is 258 g/mol. The molecule has 2 nitrogen and oxygen atoms in total. The molecule has 0 amide bonds. The standard InChI is InChI=1S/C17H26N2/c1-2-4-10-17(9-3-1)18-11-12-19-13-15-7-5-6-8-16(15)14-19/h5-8,17-18H,1-4,9-14H2. The lowest BCUT2D eigenvalue weighted by atomic mass is 10.1. The van der Waals surface area contributed by atoms with E-state index >= 15 is 0 Å². The molecule has 1 saturated carbocycles. The molecule has 1 N–H and O–H groups in total. The Labute approximate surface area is 117 Å². The van der Waals surface area contributed by atoms with Gasteiger partial charge >= 0.3 is 0 Å². The van der Waals surface area contributed by atoms with Gasteiger partial charge in [-0.15, -0.1) is 0 Å². The summed E-state index contributed by atoms with van der Waals surface area (Å²) in [5, 5.41) is 3.77. The van der Waals surface area contributed by atoms with Crippen LogP contribution < -0.4 is 5.32 Å². The smallest absolute Gasteiger partial charge is 0.0241 e.